The first-order valence-corrected chi connectivity index (χ1v) is 6.48. The van der Waals surface area contributed by atoms with Gasteiger partial charge in [0.25, 0.3) is 0 Å². The van der Waals surface area contributed by atoms with Crippen molar-refractivity contribution in [1.82, 2.24) is 4.98 Å². The minimum absolute atomic E-state index is 0.237. The van der Waals surface area contributed by atoms with E-state index in [9.17, 15) is 5.11 Å². The van der Waals surface area contributed by atoms with Gasteiger partial charge in [-0.25, -0.2) is 4.98 Å². The molecule has 4 heteroatoms. The molecule has 1 aromatic heterocycles. The van der Waals surface area contributed by atoms with Crippen molar-refractivity contribution in [3.8, 4) is 11.8 Å². The van der Waals surface area contributed by atoms with Crippen molar-refractivity contribution in [1.29, 1.82) is 5.26 Å². The van der Waals surface area contributed by atoms with Gasteiger partial charge in [0.05, 0.1) is 0 Å². The van der Waals surface area contributed by atoms with Crippen LogP contribution in [0.2, 0.25) is 0 Å². The summed E-state index contributed by atoms with van der Waals surface area (Å²) >= 11 is 0. The molecule has 0 bridgehead atoms. The number of phenols is 1. The highest BCUT2D eigenvalue weighted by Crippen LogP contribution is 2.17. The summed E-state index contributed by atoms with van der Waals surface area (Å²) in [6.07, 6.45) is 0.843. The zero-order valence-electron chi connectivity index (χ0n) is 11.6. The summed E-state index contributed by atoms with van der Waals surface area (Å²) in [7, 11) is 1.97. The van der Waals surface area contributed by atoms with E-state index in [1.807, 2.05) is 36.2 Å². The molecule has 1 N–H and O–H groups in total. The molecule has 0 spiro atoms. The Morgan fingerprint density at radius 3 is 2.60 bits per heavy atom. The molecule has 0 aliphatic carbocycles. The van der Waals surface area contributed by atoms with Gasteiger partial charge in [0.2, 0.25) is 0 Å². The lowest BCUT2D eigenvalue weighted by atomic mass is 10.1. The van der Waals surface area contributed by atoms with Crippen LogP contribution in [0.3, 0.4) is 0 Å². The van der Waals surface area contributed by atoms with Gasteiger partial charge in [-0.2, -0.15) is 5.26 Å². The maximum atomic E-state index is 9.28. The second-order valence-electron chi connectivity index (χ2n) is 4.82. The van der Waals surface area contributed by atoms with Crippen molar-refractivity contribution in [2.24, 2.45) is 0 Å². The molecule has 1 aromatic carbocycles. The Morgan fingerprint density at radius 2 is 1.95 bits per heavy atom. The van der Waals surface area contributed by atoms with Crippen molar-refractivity contribution in [2.45, 2.75) is 19.4 Å². The van der Waals surface area contributed by atoms with Crippen LogP contribution in [0.25, 0.3) is 0 Å². The van der Waals surface area contributed by atoms with E-state index >= 15 is 0 Å². The molecule has 2 rings (SSSR count). The van der Waals surface area contributed by atoms with E-state index in [2.05, 4.69) is 18.0 Å². The second kappa shape index (κ2) is 6.07. The SMILES string of the molecule is CC(Cc1ccc(O)cc1)N(C)c1cccc(C#N)n1. The summed E-state index contributed by atoms with van der Waals surface area (Å²) in [5.41, 5.74) is 1.57. The lowest BCUT2D eigenvalue weighted by Gasteiger charge is -2.26. The van der Waals surface area contributed by atoms with Crippen molar-refractivity contribution in [2.75, 3.05) is 11.9 Å². The fraction of sp³-hybridized carbons (Fsp3) is 0.250. The third-order valence-corrected chi connectivity index (χ3v) is 3.34. The zero-order valence-corrected chi connectivity index (χ0v) is 11.6. The highest BCUT2D eigenvalue weighted by molar-refractivity contribution is 5.42. The van der Waals surface area contributed by atoms with Gasteiger partial charge in [-0.05, 0) is 43.2 Å². The molecule has 20 heavy (non-hydrogen) atoms. The Kier molecular flexibility index (Phi) is 4.21. The molecule has 0 aliphatic rings. The number of hydrogen-bond donors (Lipinski definition) is 1. The van der Waals surface area contributed by atoms with E-state index in [0.29, 0.717) is 5.69 Å². The van der Waals surface area contributed by atoms with Crippen LogP contribution < -0.4 is 4.90 Å². The van der Waals surface area contributed by atoms with Crippen molar-refractivity contribution >= 4 is 5.82 Å². The maximum absolute atomic E-state index is 9.28. The van der Waals surface area contributed by atoms with E-state index in [4.69, 9.17) is 5.26 Å². The first kappa shape index (κ1) is 13.9. The quantitative estimate of drug-likeness (QED) is 0.925. The van der Waals surface area contributed by atoms with Crippen LogP contribution in [0.5, 0.6) is 5.75 Å². The van der Waals surface area contributed by atoms with Gasteiger partial charge >= 0.3 is 0 Å². The van der Waals surface area contributed by atoms with Crippen LogP contribution in [-0.2, 0) is 6.42 Å². The predicted octanol–water partition coefficient (Wildman–Crippen LogP) is 2.73. The number of rotatable bonds is 4. The molecule has 0 amide bonds. The van der Waals surface area contributed by atoms with Gasteiger partial charge in [-0.1, -0.05) is 18.2 Å². The number of phenolic OH excluding ortho intramolecular Hbond substituents is 1. The number of aromatic hydroxyl groups is 1. The zero-order chi connectivity index (χ0) is 14.5. The lowest BCUT2D eigenvalue weighted by Crippen LogP contribution is -2.31. The normalized spacial score (nSPS) is 11.7. The summed E-state index contributed by atoms with van der Waals surface area (Å²) in [6, 6.07) is 14.9. The average molecular weight is 267 g/mol. The third-order valence-electron chi connectivity index (χ3n) is 3.34. The number of aromatic nitrogens is 1. The molecule has 0 fully saturated rings. The van der Waals surface area contributed by atoms with E-state index in [1.54, 1.807) is 18.2 Å². The van der Waals surface area contributed by atoms with Crippen molar-refractivity contribution < 1.29 is 5.11 Å². The number of nitriles is 1. The third kappa shape index (κ3) is 3.27. The molecule has 102 valence electrons. The Hall–Kier alpha value is -2.54. The van der Waals surface area contributed by atoms with Gasteiger partial charge in [0, 0.05) is 13.1 Å². The molecular formula is C16H17N3O. The molecule has 0 saturated heterocycles. The summed E-state index contributed by atoms with van der Waals surface area (Å²) in [5, 5.41) is 18.2. The Morgan fingerprint density at radius 1 is 1.25 bits per heavy atom. The highest BCUT2D eigenvalue weighted by Gasteiger charge is 2.12. The first-order valence-electron chi connectivity index (χ1n) is 6.48. The smallest absolute Gasteiger partial charge is 0.142 e. The maximum Gasteiger partial charge on any atom is 0.142 e. The number of pyridine rings is 1. The summed E-state index contributed by atoms with van der Waals surface area (Å²) in [5.74, 6) is 1.06. The van der Waals surface area contributed by atoms with Gasteiger partial charge in [0.15, 0.2) is 0 Å². The van der Waals surface area contributed by atoms with Crippen molar-refractivity contribution in [3.05, 3.63) is 53.7 Å². The fourth-order valence-electron chi connectivity index (χ4n) is 2.02. The molecule has 0 radical (unpaired) electrons. The molecular weight excluding hydrogens is 250 g/mol. The largest absolute Gasteiger partial charge is 0.508 e. The van der Waals surface area contributed by atoms with Crippen LogP contribution in [-0.4, -0.2) is 23.2 Å². The first-order chi connectivity index (χ1) is 9.60. The minimum Gasteiger partial charge on any atom is -0.508 e. The Balaban J connectivity index is 2.10. The molecule has 2 aromatic rings. The van der Waals surface area contributed by atoms with Gasteiger partial charge in [-0.3, -0.25) is 0 Å². The van der Waals surface area contributed by atoms with Crippen molar-refractivity contribution in [3.63, 3.8) is 0 Å². The Labute approximate surface area is 118 Å². The summed E-state index contributed by atoms with van der Waals surface area (Å²) in [4.78, 5) is 6.34. The Bertz CT molecular complexity index is 616. The number of nitrogens with zero attached hydrogens (tertiary/aromatic N) is 3. The molecule has 1 unspecified atom stereocenters. The fourth-order valence-corrected chi connectivity index (χ4v) is 2.02. The molecule has 4 nitrogen and oxygen atoms in total. The molecule has 0 saturated carbocycles. The molecule has 1 heterocycles. The number of hydrogen-bond acceptors (Lipinski definition) is 4. The van der Waals surface area contributed by atoms with Crippen LogP contribution >= 0.6 is 0 Å². The summed E-state index contributed by atoms with van der Waals surface area (Å²) < 4.78 is 0. The van der Waals surface area contributed by atoms with E-state index in [0.717, 1.165) is 17.8 Å². The standard InChI is InChI=1S/C16H17N3O/c1-12(10-13-6-8-15(20)9-7-13)19(2)16-5-3-4-14(11-17)18-16/h3-9,12,20H,10H2,1-2H3. The van der Waals surface area contributed by atoms with Gasteiger partial charge in [-0.15, -0.1) is 0 Å². The van der Waals surface area contributed by atoms with E-state index in [-0.39, 0.29) is 11.8 Å². The number of anilines is 1. The monoisotopic (exact) mass is 267 g/mol. The van der Waals surface area contributed by atoms with Crippen LogP contribution in [0.4, 0.5) is 5.82 Å². The second-order valence-corrected chi connectivity index (χ2v) is 4.82. The van der Waals surface area contributed by atoms with Gasteiger partial charge < -0.3 is 10.0 Å². The number of benzene rings is 1. The lowest BCUT2D eigenvalue weighted by molar-refractivity contribution is 0.475. The van der Waals surface area contributed by atoms with E-state index in [1.165, 1.54) is 0 Å². The van der Waals surface area contributed by atoms with Crippen LogP contribution in [0, 0.1) is 11.3 Å². The minimum atomic E-state index is 0.237. The topological polar surface area (TPSA) is 60.1 Å². The van der Waals surface area contributed by atoms with Crippen LogP contribution in [0.15, 0.2) is 42.5 Å². The predicted molar refractivity (Wildman–Crippen MR) is 78.6 cm³/mol. The number of likely N-dealkylation sites (N-methyl/N-ethyl adjacent to an activating group) is 1. The highest BCUT2D eigenvalue weighted by atomic mass is 16.3. The summed E-state index contributed by atoms with van der Waals surface area (Å²) in [6.45, 7) is 2.10. The molecule has 1 atom stereocenters. The average Bonchev–Trinajstić information content (AvgIpc) is 2.48. The van der Waals surface area contributed by atoms with E-state index < -0.39 is 0 Å². The van der Waals surface area contributed by atoms with Gasteiger partial charge in [0.1, 0.15) is 23.3 Å². The van der Waals surface area contributed by atoms with Crippen LogP contribution in [0.1, 0.15) is 18.2 Å². The molecule has 0 aliphatic heterocycles.